The lowest BCUT2D eigenvalue weighted by Crippen LogP contribution is -2.07. The number of nitrogens with one attached hydrogen (secondary N) is 1. The summed E-state index contributed by atoms with van der Waals surface area (Å²) in [6, 6.07) is 13.1. The highest BCUT2D eigenvalue weighted by Gasteiger charge is 2.12. The van der Waals surface area contributed by atoms with Crippen molar-refractivity contribution in [2.75, 3.05) is 18.2 Å². The predicted octanol–water partition coefficient (Wildman–Crippen LogP) is 3.11. The molecular formula is C15H16N2O2. The first kappa shape index (κ1) is 13.0. The van der Waals surface area contributed by atoms with Crippen LogP contribution in [0.1, 0.15) is 15.9 Å². The molecule has 0 saturated carbocycles. The zero-order chi connectivity index (χ0) is 13.8. The first-order chi connectivity index (χ1) is 9.13. The Kier molecular flexibility index (Phi) is 3.71. The minimum absolute atomic E-state index is 0.362. The van der Waals surface area contributed by atoms with Crippen LogP contribution in [-0.4, -0.2) is 13.1 Å². The van der Waals surface area contributed by atoms with E-state index in [9.17, 15) is 4.79 Å². The normalized spacial score (nSPS) is 10.0. The molecular weight excluding hydrogens is 240 g/mol. The van der Waals surface area contributed by atoms with Gasteiger partial charge < -0.3 is 15.8 Å². The number of rotatable bonds is 3. The van der Waals surface area contributed by atoms with Gasteiger partial charge in [0, 0.05) is 5.69 Å². The Morgan fingerprint density at radius 2 is 1.79 bits per heavy atom. The van der Waals surface area contributed by atoms with Crippen molar-refractivity contribution < 1.29 is 9.53 Å². The molecule has 0 amide bonds. The molecule has 19 heavy (non-hydrogen) atoms. The van der Waals surface area contributed by atoms with E-state index in [0.29, 0.717) is 16.9 Å². The van der Waals surface area contributed by atoms with Crippen LogP contribution < -0.4 is 11.1 Å². The highest BCUT2D eigenvalue weighted by atomic mass is 16.5. The summed E-state index contributed by atoms with van der Waals surface area (Å²) in [7, 11) is 1.34. The van der Waals surface area contributed by atoms with Gasteiger partial charge in [-0.1, -0.05) is 24.3 Å². The quantitative estimate of drug-likeness (QED) is 0.654. The van der Waals surface area contributed by atoms with Gasteiger partial charge in [0.05, 0.1) is 24.0 Å². The van der Waals surface area contributed by atoms with E-state index in [1.54, 1.807) is 12.1 Å². The van der Waals surface area contributed by atoms with Crippen molar-refractivity contribution in [3.05, 3.63) is 53.6 Å². The zero-order valence-corrected chi connectivity index (χ0v) is 10.9. The van der Waals surface area contributed by atoms with Gasteiger partial charge in [-0.15, -0.1) is 0 Å². The number of carbonyl (C=O) groups is 1. The molecule has 98 valence electrons. The number of hydrogen-bond donors (Lipinski definition) is 2. The average Bonchev–Trinajstić information content (AvgIpc) is 2.42. The topological polar surface area (TPSA) is 64.3 Å². The number of anilines is 3. The van der Waals surface area contributed by atoms with Gasteiger partial charge in [0.15, 0.2) is 0 Å². The number of nitrogens with two attached hydrogens (primary N) is 1. The van der Waals surface area contributed by atoms with Crippen molar-refractivity contribution >= 4 is 23.0 Å². The fourth-order valence-corrected chi connectivity index (χ4v) is 1.82. The molecule has 0 aliphatic heterocycles. The summed E-state index contributed by atoms with van der Waals surface area (Å²) in [4.78, 5) is 11.6. The van der Waals surface area contributed by atoms with E-state index < -0.39 is 5.97 Å². The Morgan fingerprint density at radius 1 is 1.11 bits per heavy atom. The number of ether oxygens (including phenoxy) is 1. The van der Waals surface area contributed by atoms with Crippen LogP contribution in [0.15, 0.2) is 42.5 Å². The summed E-state index contributed by atoms with van der Waals surface area (Å²) in [5.41, 5.74) is 9.49. The fourth-order valence-electron chi connectivity index (χ4n) is 1.82. The van der Waals surface area contributed by atoms with Crippen LogP contribution in [0.25, 0.3) is 0 Å². The maximum atomic E-state index is 11.6. The Balaban J connectivity index is 2.37. The van der Waals surface area contributed by atoms with Crippen LogP contribution in [0.2, 0.25) is 0 Å². The lowest BCUT2D eigenvalue weighted by atomic mass is 10.1. The Morgan fingerprint density at radius 3 is 2.47 bits per heavy atom. The summed E-state index contributed by atoms with van der Waals surface area (Å²) in [6.07, 6.45) is 0. The lowest BCUT2D eigenvalue weighted by molar-refractivity contribution is 0.0602. The van der Waals surface area contributed by atoms with Crippen LogP contribution in [0.5, 0.6) is 0 Å². The number of methoxy groups -OCH3 is 1. The molecule has 0 aliphatic carbocycles. The van der Waals surface area contributed by atoms with Gasteiger partial charge in [0.1, 0.15) is 0 Å². The number of carbonyl (C=O) groups excluding carboxylic acids is 1. The first-order valence-corrected chi connectivity index (χ1v) is 5.93. The third-order valence-corrected chi connectivity index (χ3v) is 2.93. The summed E-state index contributed by atoms with van der Waals surface area (Å²) >= 11 is 0. The highest BCUT2D eigenvalue weighted by molar-refractivity contribution is 5.98. The SMILES string of the molecule is COC(=O)c1cccc(Nc2ccccc2C)c1N. The van der Waals surface area contributed by atoms with Crippen LogP contribution in [0, 0.1) is 6.92 Å². The molecule has 0 aliphatic rings. The second kappa shape index (κ2) is 5.44. The average molecular weight is 256 g/mol. The maximum Gasteiger partial charge on any atom is 0.340 e. The Bertz CT molecular complexity index is 609. The zero-order valence-electron chi connectivity index (χ0n) is 10.9. The fraction of sp³-hybridized carbons (Fsp3) is 0.133. The molecule has 3 N–H and O–H groups in total. The third kappa shape index (κ3) is 2.68. The van der Waals surface area contributed by atoms with E-state index in [1.165, 1.54) is 7.11 Å². The molecule has 0 radical (unpaired) electrons. The monoisotopic (exact) mass is 256 g/mol. The summed E-state index contributed by atoms with van der Waals surface area (Å²) in [5, 5.41) is 3.23. The number of para-hydroxylation sites is 2. The van der Waals surface area contributed by atoms with Crippen molar-refractivity contribution in [3.8, 4) is 0 Å². The van der Waals surface area contributed by atoms with Crippen LogP contribution in [-0.2, 0) is 4.74 Å². The van der Waals surface area contributed by atoms with E-state index in [4.69, 9.17) is 10.5 Å². The second-order valence-corrected chi connectivity index (χ2v) is 4.20. The minimum Gasteiger partial charge on any atom is -0.465 e. The van der Waals surface area contributed by atoms with Gasteiger partial charge in [0.2, 0.25) is 0 Å². The van der Waals surface area contributed by atoms with Gasteiger partial charge in [0.25, 0.3) is 0 Å². The van der Waals surface area contributed by atoms with E-state index >= 15 is 0 Å². The van der Waals surface area contributed by atoms with Crippen LogP contribution in [0.4, 0.5) is 17.1 Å². The molecule has 0 saturated heterocycles. The number of hydrogen-bond acceptors (Lipinski definition) is 4. The van der Waals surface area contributed by atoms with Gasteiger partial charge in [-0.25, -0.2) is 4.79 Å². The van der Waals surface area contributed by atoms with Crippen molar-refractivity contribution in [1.82, 2.24) is 0 Å². The van der Waals surface area contributed by atoms with E-state index in [-0.39, 0.29) is 0 Å². The number of esters is 1. The second-order valence-electron chi connectivity index (χ2n) is 4.20. The molecule has 0 unspecified atom stereocenters. The van der Waals surface area contributed by atoms with Crippen molar-refractivity contribution in [1.29, 1.82) is 0 Å². The third-order valence-electron chi connectivity index (χ3n) is 2.93. The maximum absolute atomic E-state index is 11.6. The summed E-state index contributed by atoms with van der Waals surface area (Å²) < 4.78 is 4.70. The molecule has 0 fully saturated rings. The van der Waals surface area contributed by atoms with Crippen molar-refractivity contribution in [2.45, 2.75) is 6.92 Å². The highest BCUT2D eigenvalue weighted by Crippen LogP contribution is 2.28. The molecule has 4 nitrogen and oxygen atoms in total. The Labute approximate surface area is 112 Å². The first-order valence-electron chi connectivity index (χ1n) is 5.93. The largest absolute Gasteiger partial charge is 0.465 e. The number of nitrogen functional groups attached to an aromatic ring is 1. The molecule has 0 spiro atoms. The van der Waals surface area contributed by atoms with Gasteiger partial charge in [-0.3, -0.25) is 0 Å². The van der Waals surface area contributed by atoms with E-state index in [1.807, 2.05) is 37.3 Å². The number of aryl methyl sites for hydroxylation is 1. The molecule has 0 heterocycles. The van der Waals surface area contributed by atoms with Crippen LogP contribution in [0.3, 0.4) is 0 Å². The summed E-state index contributed by atoms with van der Waals surface area (Å²) in [5.74, 6) is -0.439. The van der Waals surface area contributed by atoms with Crippen LogP contribution >= 0.6 is 0 Å². The summed E-state index contributed by atoms with van der Waals surface area (Å²) in [6.45, 7) is 2.00. The predicted molar refractivity (Wildman–Crippen MR) is 76.7 cm³/mol. The van der Waals surface area contributed by atoms with E-state index in [2.05, 4.69) is 5.32 Å². The smallest absolute Gasteiger partial charge is 0.340 e. The molecule has 2 aromatic rings. The van der Waals surface area contributed by atoms with Crippen molar-refractivity contribution in [3.63, 3.8) is 0 Å². The van der Waals surface area contributed by atoms with Gasteiger partial charge in [-0.2, -0.15) is 0 Å². The van der Waals surface area contributed by atoms with E-state index in [0.717, 1.165) is 11.3 Å². The van der Waals surface area contributed by atoms with Gasteiger partial charge in [-0.05, 0) is 30.7 Å². The molecule has 2 rings (SSSR count). The molecule has 4 heteroatoms. The standard InChI is InChI=1S/C15H16N2O2/c1-10-6-3-4-8-12(10)17-13-9-5-7-11(14(13)16)15(18)19-2/h3-9,17H,16H2,1-2H3. The number of benzene rings is 2. The lowest BCUT2D eigenvalue weighted by Gasteiger charge is -2.13. The minimum atomic E-state index is -0.439. The van der Waals surface area contributed by atoms with Crippen molar-refractivity contribution in [2.24, 2.45) is 0 Å². The van der Waals surface area contributed by atoms with Gasteiger partial charge >= 0.3 is 5.97 Å². The molecule has 2 aromatic carbocycles. The molecule has 0 atom stereocenters. The Hall–Kier alpha value is -2.49. The molecule has 0 aromatic heterocycles. The molecule has 0 bridgehead atoms.